The van der Waals surface area contributed by atoms with Gasteiger partial charge in [-0.05, 0) is 24.3 Å². The fourth-order valence-corrected chi connectivity index (χ4v) is 2.43. The van der Waals surface area contributed by atoms with Crippen LogP contribution in [0, 0.1) is 5.82 Å². The van der Waals surface area contributed by atoms with Crippen molar-refractivity contribution in [1.82, 2.24) is 0 Å². The first-order valence-corrected chi connectivity index (χ1v) is 6.31. The quantitative estimate of drug-likeness (QED) is 0.897. The molecule has 0 aliphatic carbocycles. The minimum atomic E-state index is -0.947. The Morgan fingerprint density at radius 1 is 1.44 bits per heavy atom. The Morgan fingerprint density at radius 2 is 2.22 bits per heavy atom. The summed E-state index contributed by atoms with van der Waals surface area (Å²) in [5.74, 6) is -1.34. The molecular formula is C12H9ClFNO2S. The summed E-state index contributed by atoms with van der Waals surface area (Å²) in [5.41, 5.74) is 0.880. The van der Waals surface area contributed by atoms with Crippen molar-refractivity contribution >= 4 is 34.6 Å². The molecule has 0 unspecified atom stereocenters. The van der Waals surface area contributed by atoms with Crippen LogP contribution >= 0.6 is 22.9 Å². The first-order chi connectivity index (χ1) is 8.56. The van der Waals surface area contributed by atoms with Crippen molar-refractivity contribution in [1.29, 1.82) is 0 Å². The van der Waals surface area contributed by atoms with E-state index in [9.17, 15) is 9.18 Å². The highest BCUT2D eigenvalue weighted by Gasteiger charge is 2.07. The van der Waals surface area contributed by atoms with Gasteiger partial charge in [-0.1, -0.05) is 11.6 Å². The summed E-state index contributed by atoms with van der Waals surface area (Å²) in [6.45, 7) is 0.448. The number of nitrogens with one attached hydrogen (secondary N) is 1. The van der Waals surface area contributed by atoms with Crippen LogP contribution in [-0.4, -0.2) is 11.1 Å². The number of hydrogen-bond acceptors (Lipinski definition) is 3. The molecule has 1 heterocycles. The third-order valence-electron chi connectivity index (χ3n) is 2.28. The number of benzene rings is 1. The number of aromatic carboxylic acids is 1. The monoisotopic (exact) mass is 285 g/mol. The van der Waals surface area contributed by atoms with Crippen LogP contribution < -0.4 is 5.32 Å². The van der Waals surface area contributed by atoms with Gasteiger partial charge in [-0.2, -0.15) is 0 Å². The van der Waals surface area contributed by atoms with Crippen LogP contribution in [0.25, 0.3) is 0 Å². The Kier molecular flexibility index (Phi) is 3.84. The molecule has 1 aromatic heterocycles. The van der Waals surface area contributed by atoms with E-state index in [1.807, 2.05) is 0 Å². The lowest BCUT2D eigenvalue weighted by Crippen LogP contribution is -1.99. The maximum Gasteiger partial charge on any atom is 0.336 e. The zero-order valence-corrected chi connectivity index (χ0v) is 10.7. The Balaban J connectivity index is 2.04. The molecule has 0 spiro atoms. The van der Waals surface area contributed by atoms with E-state index in [1.165, 1.54) is 23.5 Å². The van der Waals surface area contributed by atoms with Crippen molar-refractivity contribution in [3.05, 3.63) is 50.9 Å². The van der Waals surface area contributed by atoms with Gasteiger partial charge >= 0.3 is 5.97 Å². The van der Waals surface area contributed by atoms with E-state index < -0.39 is 11.8 Å². The van der Waals surface area contributed by atoms with Crippen molar-refractivity contribution in [2.24, 2.45) is 0 Å². The number of thiophene rings is 1. The van der Waals surface area contributed by atoms with Crippen LogP contribution in [0.15, 0.2) is 29.6 Å². The van der Waals surface area contributed by atoms with Crippen LogP contribution in [-0.2, 0) is 6.54 Å². The number of carboxylic acid groups (broad SMARTS) is 1. The molecule has 0 saturated carbocycles. The van der Waals surface area contributed by atoms with Crippen LogP contribution in [0.3, 0.4) is 0 Å². The first-order valence-electron chi connectivity index (χ1n) is 5.06. The number of rotatable bonds is 4. The van der Waals surface area contributed by atoms with Crippen LogP contribution in [0.2, 0.25) is 5.02 Å². The summed E-state index contributed by atoms with van der Waals surface area (Å²) in [5, 5.41) is 13.7. The average Bonchev–Trinajstić information content (AvgIpc) is 2.76. The van der Waals surface area contributed by atoms with Crippen LogP contribution in [0.4, 0.5) is 10.1 Å². The molecule has 94 valence electrons. The van der Waals surface area contributed by atoms with Crippen molar-refractivity contribution in [3.8, 4) is 0 Å². The fraction of sp³-hybridized carbons (Fsp3) is 0.0833. The molecule has 2 rings (SSSR count). The SMILES string of the molecule is O=C(O)c1csc(CNc2ccc(F)cc2Cl)c1. The standard InChI is InChI=1S/C12H9ClFNO2S/c13-10-4-8(14)1-2-11(10)15-5-9-3-7(6-18-9)12(16)17/h1-4,6,15H,5H2,(H,16,17). The molecule has 0 bridgehead atoms. The van der Waals surface area contributed by atoms with Gasteiger partial charge in [0.15, 0.2) is 0 Å². The smallest absolute Gasteiger partial charge is 0.336 e. The summed E-state index contributed by atoms with van der Waals surface area (Å²) in [4.78, 5) is 11.6. The van der Waals surface area contributed by atoms with Gasteiger partial charge in [0.05, 0.1) is 16.3 Å². The Labute approximate surface area is 112 Å². The molecule has 18 heavy (non-hydrogen) atoms. The van der Waals surface area contributed by atoms with Gasteiger partial charge in [0.25, 0.3) is 0 Å². The van der Waals surface area contributed by atoms with E-state index in [2.05, 4.69) is 5.32 Å². The second kappa shape index (κ2) is 5.37. The summed E-state index contributed by atoms with van der Waals surface area (Å²) in [7, 11) is 0. The van der Waals surface area contributed by atoms with Crippen LogP contribution in [0.1, 0.15) is 15.2 Å². The third-order valence-corrected chi connectivity index (χ3v) is 3.53. The van der Waals surface area contributed by atoms with Crippen molar-refractivity contribution in [2.45, 2.75) is 6.54 Å². The number of hydrogen-bond donors (Lipinski definition) is 2. The van der Waals surface area contributed by atoms with Gasteiger partial charge in [-0.3, -0.25) is 0 Å². The van der Waals surface area contributed by atoms with Gasteiger partial charge in [0.1, 0.15) is 5.82 Å². The van der Waals surface area contributed by atoms with Gasteiger partial charge in [0, 0.05) is 16.8 Å². The minimum Gasteiger partial charge on any atom is -0.478 e. The second-order valence-electron chi connectivity index (χ2n) is 3.58. The normalized spacial score (nSPS) is 10.3. The molecule has 0 radical (unpaired) electrons. The maximum absolute atomic E-state index is 12.8. The molecule has 2 N–H and O–H groups in total. The molecule has 0 atom stereocenters. The van der Waals surface area contributed by atoms with Crippen LogP contribution in [0.5, 0.6) is 0 Å². The van der Waals surface area contributed by atoms with E-state index in [-0.39, 0.29) is 5.56 Å². The summed E-state index contributed by atoms with van der Waals surface area (Å²) < 4.78 is 12.8. The van der Waals surface area contributed by atoms with E-state index in [0.29, 0.717) is 17.3 Å². The summed E-state index contributed by atoms with van der Waals surface area (Å²) in [6, 6.07) is 5.67. The topological polar surface area (TPSA) is 49.3 Å². The molecule has 0 fully saturated rings. The predicted octanol–water partition coefficient (Wildman–Crippen LogP) is 3.85. The molecule has 6 heteroatoms. The van der Waals surface area contributed by atoms with Crippen molar-refractivity contribution in [3.63, 3.8) is 0 Å². The predicted molar refractivity (Wildman–Crippen MR) is 70.0 cm³/mol. The van der Waals surface area contributed by atoms with Gasteiger partial charge in [-0.25, -0.2) is 9.18 Å². The maximum atomic E-state index is 12.8. The van der Waals surface area contributed by atoms with E-state index in [0.717, 1.165) is 4.88 Å². The molecule has 1 aromatic carbocycles. The number of carbonyl (C=O) groups is 1. The highest BCUT2D eigenvalue weighted by Crippen LogP contribution is 2.24. The minimum absolute atomic E-state index is 0.266. The zero-order chi connectivity index (χ0) is 13.1. The molecule has 0 aliphatic heterocycles. The number of halogens is 2. The molecule has 2 aromatic rings. The van der Waals surface area contributed by atoms with E-state index >= 15 is 0 Å². The van der Waals surface area contributed by atoms with E-state index in [1.54, 1.807) is 17.5 Å². The molecule has 3 nitrogen and oxygen atoms in total. The lowest BCUT2D eigenvalue weighted by atomic mass is 10.3. The molecule has 0 saturated heterocycles. The lowest BCUT2D eigenvalue weighted by Gasteiger charge is -2.06. The van der Waals surface area contributed by atoms with Gasteiger partial charge in [-0.15, -0.1) is 11.3 Å². The van der Waals surface area contributed by atoms with E-state index in [4.69, 9.17) is 16.7 Å². The Hall–Kier alpha value is -1.59. The van der Waals surface area contributed by atoms with Crippen molar-refractivity contribution in [2.75, 3.05) is 5.32 Å². The molecule has 0 amide bonds. The highest BCUT2D eigenvalue weighted by molar-refractivity contribution is 7.10. The second-order valence-corrected chi connectivity index (χ2v) is 4.99. The summed E-state index contributed by atoms with van der Waals surface area (Å²) in [6.07, 6.45) is 0. The van der Waals surface area contributed by atoms with Crippen molar-refractivity contribution < 1.29 is 14.3 Å². The Bertz CT molecular complexity index is 585. The largest absolute Gasteiger partial charge is 0.478 e. The number of anilines is 1. The lowest BCUT2D eigenvalue weighted by molar-refractivity contribution is 0.0697. The highest BCUT2D eigenvalue weighted by atomic mass is 35.5. The number of carboxylic acids is 1. The average molecular weight is 286 g/mol. The Morgan fingerprint density at radius 3 is 2.83 bits per heavy atom. The zero-order valence-electron chi connectivity index (χ0n) is 9.11. The molecule has 0 aliphatic rings. The first kappa shape index (κ1) is 12.9. The third kappa shape index (κ3) is 3.00. The van der Waals surface area contributed by atoms with Gasteiger partial charge in [0.2, 0.25) is 0 Å². The van der Waals surface area contributed by atoms with Gasteiger partial charge < -0.3 is 10.4 Å². The fourth-order valence-electron chi connectivity index (χ4n) is 1.40. The summed E-state index contributed by atoms with van der Waals surface area (Å²) >= 11 is 7.20. The molecular weight excluding hydrogens is 277 g/mol.